The Morgan fingerprint density at radius 2 is 1.46 bits per heavy atom. The summed E-state index contributed by atoms with van der Waals surface area (Å²) in [7, 11) is 0. The molecule has 0 spiro atoms. The van der Waals surface area contributed by atoms with E-state index in [9.17, 15) is 14.4 Å². The molecule has 0 saturated heterocycles. The highest BCUT2D eigenvalue weighted by atomic mass is 16.5. The van der Waals surface area contributed by atoms with Crippen LogP contribution in [0.25, 0.3) is 0 Å². The maximum absolute atomic E-state index is 14.3. The van der Waals surface area contributed by atoms with E-state index in [-0.39, 0.29) is 44.0 Å². The first-order valence-electron chi connectivity index (χ1n) is 16.4. The highest BCUT2D eigenvalue weighted by Gasteiger charge is 2.29. The molecular weight excluding hydrogens is 632 g/mol. The van der Waals surface area contributed by atoms with Gasteiger partial charge < -0.3 is 35.7 Å². The Labute approximate surface area is 291 Å². The predicted molar refractivity (Wildman–Crippen MR) is 191 cm³/mol. The zero-order chi connectivity index (χ0) is 35.1. The van der Waals surface area contributed by atoms with Gasteiger partial charge in [0.25, 0.3) is 0 Å². The van der Waals surface area contributed by atoms with Crippen molar-refractivity contribution in [2.24, 2.45) is 0 Å². The number of carbonyl (C=O) groups excluding carboxylic acids is 3. The Hall–Kier alpha value is -6.10. The largest absolute Gasteiger partial charge is 0.489 e. The van der Waals surface area contributed by atoms with Gasteiger partial charge in [-0.2, -0.15) is 0 Å². The van der Waals surface area contributed by atoms with E-state index < -0.39 is 12.0 Å². The quantitative estimate of drug-likeness (QED) is 0.101. The fourth-order valence-electron chi connectivity index (χ4n) is 5.40. The molecule has 0 bridgehead atoms. The number of ether oxygens (including phenoxy) is 2. The van der Waals surface area contributed by atoms with Crippen molar-refractivity contribution < 1.29 is 23.9 Å². The van der Waals surface area contributed by atoms with Crippen LogP contribution in [0.5, 0.6) is 5.75 Å². The third kappa shape index (κ3) is 10.4. The van der Waals surface area contributed by atoms with Crippen molar-refractivity contribution in [2.45, 2.75) is 38.5 Å². The maximum Gasteiger partial charge on any atom is 0.407 e. The number of nitrogen functional groups attached to an aromatic ring is 1. The summed E-state index contributed by atoms with van der Waals surface area (Å²) in [4.78, 5) is 48.8. The first kappa shape index (κ1) is 35.2. The van der Waals surface area contributed by atoms with Crippen molar-refractivity contribution in [3.63, 3.8) is 0 Å². The number of hydrogen-bond donors (Lipinski definition) is 4. The Kier molecular flexibility index (Phi) is 12.6. The molecule has 0 aliphatic heterocycles. The summed E-state index contributed by atoms with van der Waals surface area (Å²) >= 11 is 0. The number of para-hydroxylation sites is 1. The molecule has 3 amide bonds. The smallest absolute Gasteiger partial charge is 0.407 e. The maximum atomic E-state index is 14.3. The number of aromatic amines is 1. The molecule has 5 N–H and O–H groups in total. The zero-order valence-electron chi connectivity index (χ0n) is 28.0. The molecule has 11 heteroatoms. The van der Waals surface area contributed by atoms with E-state index in [1.165, 1.54) is 17.4 Å². The molecule has 2 atom stereocenters. The molecule has 0 fully saturated rings. The van der Waals surface area contributed by atoms with Gasteiger partial charge in [-0.05, 0) is 40.5 Å². The van der Waals surface area contributed by atoms with Gasteiger partial charge in [0.2, 0.25) is 11.8 Å². The van der Waals surface area contributed by atoms with Crippen molar-refractivity contribution >= 4 is 23.6 Å². The van der Waals surface area contributed by atoms with Crippen molar-refractivity contribution in [3.8, 4) is 5.75 Å². The van der Waals surface area contributed by atoms with Crippen LogP contribution in [-0.4, -0.2) is 52.4 Å². The standard InChI is InChI=1S/C39H42N6O5/c1-28(33-14-8-9-15-35(33)40)20-42-37(46)24-45(23-29-16-18-32(19-17-29)49-25-30-10-4-2-5-11-30)38(47)34(36-22-41-27-44-36)21-43-39(48)50-26-31-12-6-3-7-13-31/h2-19,22,27-28,34H,20-21,23-26,40H2,1H3,(H,41,44)(H,42,46)(H,43,48)/t28?,34-/m0/s1. The lowest BCUT2D eigenvalue weighted by atomic mass is 9.99. The summed E-state index contributed by atoms with van der Waals surface area (Å²) in [5.41, 5.74) is 10.9. The predicted octanol–water partition coefficient (Wildman–Crippen LogP) is 5.53. The third-order valence-electron chi connectivity index (χ3n) is 8.18. The number of carbonyl (C=O) groups is 3. The van der Waals surface area contributed by atoms with Crippen LogP contribution < -0.4 is 21.1 Å². The summed E-state index contributed by atoms with van der Waals surface area (Å²) in [5.74, 6) is -0.947. The van der Waals surface area contributed by atoms with E-state index in [1.807, 2.05) is 116 Å². The van der Waals surface area contributed by atoms with Gasteiger partial charge in [-0.3, -0.25) is 9.59 Å². The summed E-state index contributed by atoms with van der Waals surface area (Å²) in [6, 6.07) is 34.1. The van der Waals surface area contributed by atoms with Crippen molar-refractivity contribution in [3.05, 3.63) is 150 Å². The van der Waals surface area contributed by atoms with Crippen LogP contribution in [0.2, 0.25) is 0 Å². The lowest BCUT2D eigenvalue weighted by Gasteiger charge is -2.27. The Bertz CT molecular complexity index is 1800. The summed E-state index contributed by atoms with van der Waals surface area (Å²) in [5, 5.41) is 5.67. The molecule has 5 aromatic rings. The third-order valence-corrected chi connectivity index (χ3v) is 8.18. The average molecular weight is 675 g/mol. The molecule has 1 unspecified atom stereocenters. The molecule has 1 heterocycles. The van der Waals surface area contributed by atoms with E-state index in [4.69, 9.17) is 15.2 Å². The minimum Gasteiger partial charge on any atom is -0.489 e. The SMILES string of the molecule is CC(CNC(=O)CN(Cc1ccc(OCc2ccccc2)cc1)C(=O)[C@@H](CNC(=O)OCc1ccccc1)c1cnc[nH]1)c1ccccc1N. The van der Waals surface area contributed by atoms with E-state index in [0.29, 0.717) is 30.3 Å². The normalized spacial score (nSPS) is 11.9. The number of imidazole rings is 1. The van der Waals surface area contributed by atoms with Crippen LogP contribution in [0, 0.1) is 0 Å². The fourth-order valence-corrected chi connectivity index (χ4v) is 5.40. The van der Waals surface area contributed by atoms with E-state index >= 15 is 0 Å². The number of aromatic nitrogens is 2. The molecule has 5 rings (SSSR count). The first-order valence-corrected chi connectivity index (χ1v) is 16.4. The van der Waals surface area contributed by atoms with Crippen molar-refractivity contribution in [1.82, 2.24) is 25.5 Å². The monoisotopic (exact) mass is 674 g/mol. The zero-order valence-corrected chi connectivity index (χ0v) is 28.0. The average Bonchev–Trinajstić information content (AvgIpc) is 3.68. The van der Waals surface area contributed by atoms with E-state index in [1.54, 1.807) is 0 Å². The number of anilines is 1. The number of rotatable bonds is 16. The number of nitrogens with two attached hydrogens (primary N) is 1. The summed E-state index contributed by atoms with van der Waals surface area (Å²) in [6.45, 7) is 2.66. The van der Waals surface area contributed by atoms with Crippen LogP contribution in [0.3, 0.4) is 0 Å². The second kappa shape index (κ2) is 17.9. The number of amides is 3. The van der Waals surface area contributed by atoms with Gasteiger partial charge in [0.1, 0.15) is 19.0 Å². The molecule has 1 aromatic heterocycles. The Balaban J connectivity index is 1.28. The van der Waals surface area contributed by atoms with Crippen LogP contribution in [0.15, 0.2) is 122 Å². The molecular formula is C39H42N6O5. The molecule has 0 aliphatic rings. The van der Waals surface area contributed by atoms with Gasteiger partial charge in [-0.25, -0.2) is 9.78 Å². The molecule has 0 saturated carbocycles. The number of nitrogens with zero attached hydrogens (tertiary/aromatic N) is 2. The molecule has 11 nitrogen and oxygen atoms in total. The number of alkyl carbamates (subject to hydrolysis) is 1. The van der Waals surface area contributed by atoms with Crippen LogP contribution in [0.4, 0.5) is 10.5 Å². The highest BCUT2D eigenvalue weighted by molar-refractivity contribution is 5.89. The van der Waals surface area contributed by atoms with Gasteiger partial charge in [-0.1, -0.05) is 97.9 Å². The first-order chi connectivity index (χ1) is 24.4. The number of benzene rings is 4. The highest BCUT2D eigenvalue weighted by Crippen LogP contribution is 2.22. The lowest BCUT2D eigenvalue weighted by molar-refractivity contribution is -0.138. The van der Waals surface area contributed by atoms with Crippen LogP contribution >= 0.6 is 0 Å². The second-order valence-electron chi connectivity index (χ2n) is 11.9. The summed E-state index contributed by atoms with van der Waals surface area (Å²) in [6.07, 6.45) is 2.32. The molecule has 4 aromatic carbocycles. The van der Waals surface area contributed by atoms with Crippen molar-refractivity contribution in [1.29, 1.82) is 0 Å². The van der Waals surface area contributed by atoms with Gasteiger partial charge in [0.15, 0.2) is 0 Å². The van der Waals surface area contributed by atoms with E-state index in [0.717, 1.165) is 22.3 Å². The van der Waals surface area contributed by atoms with Crippen LogP contribution in [-0.2, 0) is 34.1 Å². The fraction of sp³-hybridized carbons (Fsp3) is 0.231. The minimum absolute atomic E-state index is 0.0448. The number of hydrogen-bond acceptors (Lipinski definition) is 7. The van der Waals surface area contributed by atoms with Gasteiger partial charge in [0, 0.05) is 43.1 Å². The Morgan fingerprint density at radius 3 is 2.12 bits per heavy atom. The topological polar surface area (TPSA) is 152 Å². The van der Waals surface area contributed by atoms with Gasteiger partial charge in [0.05, 0.1) is 18.8 Å². The lowest BCUT2D eigenvalue weighted by Crippen LogP contribution is -2.45. The Morgan fingerprint density at radius 1 is 0.800 bits per heavy atom. The summed E-state index contributed by atoms with van der Waals surface area (Å²) < 4.78 is 11.3. The van der Waals surface area contributed by atoms with Gasteiger partial charge >= 0.3 is 6.09 Å². The second-order valence-corrected chi connectivity index (χ2v) is 11.9. The minimum atomic E-state index is -0.869. The van der Waals surface area contributed by atoms with Gasteiger partial charge in [-0.15, -0.1) is 0 Å². The van der Waals surface area contributed by atoms with Crippen molar-refractivity contribution in [2.75, 3.05) is 25.4 Å². The molecule has 258 valence electrons. The van der Waals surface area contributed by atoms with E-state index in [2.05, 4.69) is 20.6 Å². The molecule has 0 aliphatic carbocycles. The van der Waals surface area contributed by atoms with Crippen LogP contribution in [0.1, 0.15) is 46.7 Å². The molecule has 50 heavy (non-hydrogen) atoms. The number of nitrogens with one attached hydrogen (secondary N) is 3. The molecule has 0 radical (unpaired) electrons. The number of H-pyrrole nitrogens is 1.